The first-order valence-corrected chi connectivity index (χ1v) is 2.74. The summed E-state index contributed by atoms with van der Waals surface area (Å²) in [6, 6.07) is 0. The van der Waals surface area contributed by atoms with Gasteiger partial charge >= 0.3 is 29.6 Å². The Labute approximate surface area is 78.1 Å². The summed E-state index contributed by atoms with van der Waals surface area (Å²) in [5, 5.41) is 9.58. The molecule has 0 rings (SSSR count). The molecule has 4 heteroatoms. The van der Waals surface area contributed by atoms with Crippen LogP contribution in [0, 0.1) is 0 Å². The monoisotopic (exact) mass is 222 g/mol. The molecule has 0 heterocycles. The molecular weight excluding hydrogens is 218 g/mol. The second-order valence-corrected chi connectivity index (χ2v) is 2.80. The summed E-state index contributed by atoms with van der Waals surface area (Å²) in [7, 11) is 0. The average Bonchev–Trinajstić information content (AvgIpc) is 1.36. The molecule has 0 radical (unpaired) electrons. The van der Waals surface area contributed by atoms with Gasteiger partial charge in [-0.05, 0) is 6.92 Å². The Morgan fingerprint density at radius 2 is 2.00 bits per heavy atom. The number of carboxylic acid groups (broad SMARTS) is 1. The van der Waals surface area contributed by atoms with E-state index in [9.17, 15) is 9.90 Å². The number of carboxylic acids is 1. The molecule has 2 nitrogen and oxygen atoms in total. The minimum absolute atomic E-state index is 0. The first-order valence-electron chi connectivity index (χ1n) is 1.49. The minimum atomic E-state index is -1.00. The standard InChI is InChI=1S/C3H5IO2.Na/c1-2(4)3(5)6;/h2H,1H3,(H,5,6);/q;+1/p-1. The van der Waals surface area contributed by atoms with Crippen LogP contribution >= 0.6 is 22.6 Å². The van der Waals surface area contributed by atoms with Crippen LogP contribution in [-0.2, 0) is 4.79 Å². The van der Waals surface area contributed by atoms with Gasteiger partial charge in [-0.25, -0.2) is 0 Å². The maximum Gasteiger partial charge on any atom is 1.00 e. The predicted molar refractivity (Wildman–Crippen MR) is 28.5 cm³/mol. The van der Waals surface area contributed by atoms with E-state index in [1.807, 2.05) is 0 Å². The second-order valence-electron chi connectivity index (χ2n) is 0.935. The number of aliphatic carboxylic acids is 1. The second kappa shape index (κ2) is 5.34. The summed E-state index contributed by atoms with van der Waals surface area (Å²) in [5.41, 5.74) is 0. The third kappa shape index (κ3) is 7.20. The summed E-state index contributed by atoms with van der Waals surface area (Å²) in [4.78, 5) is 9.58. The minimum Gasteiger partial charge on any atom is -0.549 e. The van der Waals surface area contributed by atoms with Crippen LogP contribution < -0.4 is 34.7 Å². The van der Waals surface area contributed by atoms with E-state index in [-0.39, 0.29) is 33.5 Å². The summed E-state index contributed by atoms with van der Waals surface area (Å²) in [5.74, 6) is -1.00. The zero-order valence-corrected chi connectivity index (χ0v) is 8.43. The molecule has 0 aromatic heterocycles. The van der Waals surface area contributed by atoms with Crippen molar-refractivity contribution in [3.05, 3.63) is 0 Å². The molecule has 7 heavy (non-hydrogen) atoms. The molecule has 1 atom stereocenters. The average molecular weight is 222 g/mol. The smallest absolute Gasteiger partial charge is 0.549 e. The third-order valence-electron chi connectivity index (χ3n) is 0.325. The number of hydrogen-bond acceptors (Lipinski definition) is 2. The van der Waals surface area contributed by atoms with Gasteiger partial charge < -0.3 is 9.90 Å². The van der Waals surface area contributed by atoms with E-state index in [2.05, 4.69) is 0 Å². The molecular formula is C3H4INaO2. The van der Waals surface area contributed by atoms with Crippen molar-refractivity contribution >= 4 is 28.6 Å². The zero-order chi connectivity index (χ0) is 5.15. The molecule has 0 aromatic carbocycles. The summed E-state index contributed by atoms with van der Waals surface area (Å²) in [6.07, 6.45) is 0. The van der Waals surface area contributed by atoms with Crippen LogP contribution in [0.4, 0.5) is 0 Å². The van der Waals surface area contributed by atoms with E-state index < -0.39 is 5.97 Å². The van der Waals surface area contributed by atoms with E-state index in [0.717, 1.165) is 0 Å². The molecule has 0 aromatic rings. The van der Waals surface area contributed by atoms with Gasteiger partial charge in [-0.15, -0.1) is 0 Å². The van der Waals surface area contributed by atoms with Crippen molar-refractivity contribution < 1.29 is 39.5 Å². The van der Waals surface area contributed by atoms with Crippen LogP contribution in [0.15, 0.2) is 0 Å². The van der Waals surface area contributed by atoms with E-state index in [1.165, 1.54) is 0 Å². The molecule has 0 aliphatic heterocycles. The molecule has 0 aliphatic carbocycles. The Bertz CT molecular complexity index is 64.0. The van der Waals surface area contributed by atoms with Crippen LogP contribution in [0.2, 0.25) is 0 Å². The Morgan fingerprint density at radius 3 is 2.00 bits per heavy atom. The molecule has 0 N–H and O–H groups in total. The van der Waals surface area contributed by atoms with Gasteiger partial charge in [0.15, 0.2) is 0 Å². The molecule has 0 saturated heterocycles. The quantitative estimate of drug-likeness (QED) is 0.263. The van der Waals surface area contributed by atoms with Gasteiger partial charge in [0.2, 0.25) is 0 Å². The molecule has 0 spiro atoms. The van der Waals surface area contributed by atoms with E-state index in [1.54, 1.807) is 29.5 Å². The topological polar surface area (TPSA) is 40.1 Å². The SMILES string of the molecule is CC(I)C(=O)[O-].[Na+]. The predicted octanol–water partition coefficient (Wildman–Crippen LogP) is -3.44. The van der Waals surface area contributed by atoms with Crippen LogP contribution in [0.25, 0.3) is 0 Å². The van der Waals surface area contributed by atoms with Gasteiger partial charge in [-0.3, -0.25) is 0 Å². The maximum atomic E-state index is 9.58. The fraction of sp³-hybridized carbons (Fsp3) is 0.667. The Hall–Kier alpha value is 1.20. The number of alkyl halides is 1. The van der Waals surface area contributed by atoms with E-state index in [4.69, 9.17) is 0 Å². The van der Waals surface area contributed by atoms with Crippen molar-refractivity contribution in [3.63, 3.8) is 0 Å². The molecule has 0 aliphatic rings. The zero-order valence-electron chi connectivity index (χ0n) is 4.27. The van der Waals surface area contributed by atoms with Gasteiger partial charge in [-0.2, -0.15) is 0 Å². The first-order chi connectivity index (χ1) is 2.64. The molecule has 36 valence electrons. The Kier molecular flexibility index (Phi) is 8.43. The van der Waals surface area contributed by atoms with Crippen molar-refractivity contribution in [1.29, 1.82) is 0 Å². The third-order valence-corrected chi connectivity index (χ3v) is 0.833. The van der Waals surface area contributed by atoms with E-state index in [0.29, 0.717) is 0 Å². The van der Waals surface area contributed by atoms with Crippen molar-refractivity contribution in [2.24, 2.45) is 0 Å². The van der Waals surface area contributed by atoms with E-state index >= 15 is 0 Å². The number of hydrogen-bond donors (Lipinski definition) is 0. The van der Waals surface area contributed by atoms with Crippen molar-refractivity contribution in [1.82, 2.24) is 0 Å². The van der Waals surface area contributed by atoms with Crippen LogP contribution in [-0.4, -0.2) is 9.89 Å². The van der Waals surface area contributed by atoms with Crippen molar-refractivity contribution in [2.45, 2.75) is 10.8 Å². The van der Waals surface area contributed by atoms with Crippen LogP contribution in [0.5, 0.6) is 0 Å². The maximum absolute atomic E-state index is 9.58. The number of carbonyl (C=O) groups is 1. The number of halogens is 1. The van der Waals surface area contributed by atoms with Gasteiger partial charge in [-0.1, -0.05) is 22.6 Å². The van der Waals surface area contributed by atoms with Crippen LogP contribution in [0.3, 0.4) is 0 Å². The Balaban J connectivity index is 0. The molecule has 0 fully saturated rings. The van der Waals surface area contributed by atoms with Crippen LogP contribution in [0.1, 0.15) is 6.92 Å². The van der Waals surface area contributed by atoms with Gasteiger partial charge in [0, 0.05) is 3.92 Å². The largest absolute Gasteiger partial charge is 1.00 e. The van der Waals surface area contributed by atoms with Gasteiger partial charge in [0.1, 0.15) is 0 Å². The number of carbonyl (C=O) groups excluding carboxylic acids is 1. The van der Waals surface area contributed by atoms with Gasteiger partial charge in [0.25, 0.3) is 0 Å². The molecule has 0 bridgehead atoms. The number of rotatable bonds is 1. The normalized spacial score (nSPS) is 11.7. The molecule has 0 amide bonds. The van der Waals surface area contributed by atoms with Crippen molar-refractivity contribution in [2.75, 3.05) is 0 Å². The summed E-state index contributed by atoms with van der Waals surface area (Å²) < 4.78 is -0.373. The first kappa shape index (κ1) is 11.1. The summed E-state index contributed by atoms with van der Waals surface area (Å²) in [6.45, 7) is 1.57. The molecule has 1 unspecified atom stereocenters. The summed E-state index contributed by atoms with van der Waals surface area (Å²) >= 11 is 1.77. The van der Waals surface area contributed by atoms with Gasteiger partial charge in [0.05, 0.1) is 5.97 Å². The fourth-order valence-electron chi connectivity index (χ4n) is 0. The van der Waals surface area contributed by atoms with Crippen molar-refractivity contribution in [3.8, 4) is 0 Å². The fourth-order valence-corrected chi connectivity index (χ4v) is 0. The molecule has 0 saturated carbocycles. The Morgan fingerprint density at radius 1 is 1.86 bits per heavy atom.